The molecule has 1 heterocycles. The zero-order chi connectivity index (χ0) is 26.5. The van der Waals surface area contributed by atoms with E-state index in [1.807, 2.05) is 62.6 Å². The number of aryl methyl sites for hydroxylation is 1. The van der Waals surface area contributed by atoms with Crippen LogP contribution in [0, 0.1) is 0 Å². The molecule has 6 heteroatoms. The highest BCUT2D eigenvalue weighted by molar-refractivity contribution is 6.20. The summed E-state index contributed by atoms with van der Waals surface area (Å²) in [4.78, 5) is 21.4. The smallest absolute Gasteiger partial charge is 0.313 e. The number of ether oxygens (including phenoxy) is 2. The van der Waals surface area contributed by atoms with Crippen LogP contribution in [0.4, 0.5) is 0 Å². The first-order valence-electron chi connectivity index (χ1n) is 13.5. The molecule has 0 radical (unpaired) electrons. The van der Waals surface area contributed by atoms with Crippen LogP contribution in [-0.2, 0) is 16.0 Å². The third kappa shape index (κ3) is 9.90. The van der Waals surface area contributed by atoms with Crippen molar-refractivity contribution in [2.24, 2.45) is 0 Å². The summed E-state index contributed by atoms with van der Waals surface area (Å²) >= 11 is 6.07. The van der Waals surface area contributed by atoms with E-state index in [9.17, 15) is 4.79 Å². The second-order valence-corrected chi connectivity index (χ2v) is 10.1. The van der Waals surface area contributed by atoms with Crippen LogP contribution in [0.25, 0.3) is 22.5 Å². The molecule has 0 bridgehead atoms. The number of alkyl halides is 1. The van der Waals surface area contributed by atoms with Crippen LogP contribution >= 0.6 is 11.6 Å². The van der Waals surface area contributed by atoms with E-state index in [0.29, 0.717) is 12.4 Å². The molecular weight excluding hydrogens is 484 g/mol. The van der Waals surface area contributed by atoms with Gasteiger partial charge in [-0.1, -0.05) is 75.9 Å². The summed E-state index contributed by atoms with van der Waals surface area (Å²) in [6, 6.07) is 15.7. The lowest BCUT2D eigenvalue weighted by Gasteiger charge is -2.14. The van der Waals surface area contributed by atoms with Gasteiger partial charge in [0.25, 0.3) is 0 Å². The van der Waals surface area contributed by atoms with Gasteiger partial charge in [0.05, 0.1) is 24.5 Å². The fourth-order valence-corrected chi connectivity index (χ4v) is 4.02. The first-order valence-corrected chi connectivity index (χ1v) is 13.9. The molecule has 37 heavy (non-hydrogen) atoms. The van der Waals surface area contributed by atoms with Crippen molar-refractivity contribution in [3.63, 3.8) is 0 Å². The summed E-state index contributed by atoms with van der Waals surface area (Å²) in [6.07, 6.45) is 12.0. The van der Waals surface area contributed by atoms with Crippen LogP contribution in [0.5, 0.6) is 5.75 Å². The van der Waals surface area contributed by atoms with Crippen LogP contribution in [0.1, 0.15) is 71.3 Å². The first kappa shape index (κ1) is 28.8. The Hall–Kier alpha value is -2.76. The molecule has 2 aromatic carbocycles. The van der Waals surface area contributed by atoms with E-state index in [1.165, 1.54) is 37.7 Å². The molecule has 198 valence electrons. The van der Waals surface area contributed by atoms with Gasteiger partial charge in [-0.3, -0.25) is 4.79 Å². The Morgan fingerprint density at radius 2 is 1.46 bits per heavy atom. The van der Waals surface area contributed by atoms with Gasteiger partial charge in [0, 0.05) is 18.0 Å². The Bertz CT molecular complexity index is 1070. The molecular formula is C31H39ClN2O3. The Kier molecular flexibility index (Phi) is 12.1. The van der Waals surface area contributed by atoms with Crippen molar-refractivity contribution in [1.82, 2.24) is 9.97 Å². The van der Waals surface area contributed by atoms with E-state index >= 15 is 0 Å². The minimum absolute atomic E-state index is 0.0388. The van der Waals surface area contributed by atoms with E-state index in [4.69, 9.17) is 21.1 Å². The summed E-state index contributed by atoms with van der Waals surface area (Å²) < 4.78 is 11.1. The van der Waals surface area contributed by atoms with E-state index in [0.717, 1.165) is 35.4 Å². The van der Waals surface area contributed by atoms with Gasteiger partial charge < -0.3 is 9.47 Å². The highest BCUT2D eigenvalue weighted by Crippen LogP contribution is 2.25. The Morgan fingerprint density at radius 1 is 0.865 bits per heavy atom. The number of hydrogen-bond acceptors (Lipinski definition) is 5. The molecule has 0 saturated carbocycles. The van der Waals surface area contributed by atoms with Crippen LogP contribution < -0.4 is 4.74 Å². The molecule has 1 aromatic heterocycles. The number of rotatable bonds is 15. The number of aromatic nitrogens is 2. The van der Waals surface area contributed by atoms with Gasteiger partial charge in [-0.2, -0.15) is 0 Å². The lowest BCUT2D eigenvalue weighted by Crippen LogP contribution is -2.21. The maximum absolute atomic E-state index is 12.2. The summed E-state index contributed by atoms with van der Waals surface area (Å²) in [5.41, 5.74) is 4.29. The number of halogens is 1. The van der Waals surface area contributed by atoms with Crippen LogP contribution in [0.2, 0.25) is 0 Å². The number of unbranched alkanes of at least 4 members (excludes halogenated alkanes) is 4. The van der Waals surface area contributed by atoms with Crippen molar-refractivity contribution < 1.29 is 14.3 Å². The fourth-order valence-electron chi connectivity index (χ4n) is 3.95. The van der Waals surface area contributed by atoms with Crippen LogP contribution in [-0.4, -0.2) is 34.0 Å². The molecule has 5 nitrogen and oxygen atoms in total. The molecule has 0 saturated heterocycles. The number of benzene rings is 2. The maximum Gasteiger partial charge on any atom is 0.313 e. The molecule has 0 aliphatic carbocycles. The standard InChI is InChI=1S/C31H39ClN2O3/c1-4-6-7-8-9-10-24-20-33-31(34-21-24)27-13-11-25(12-14-27)26-15-17-29(18-16-26)37-30(35)19-23(3)36-22-28(32)5-2/h11-18,20-21,23,28H,4-10,19,22H2,1-3H3/t23?,28-/m1/s1. The molecule has 2 atom stereocenters. The fraction of sp³-hybridized carbons (Fsp3) is 0.452. The minimum Gasteiger partial charge on any atom is -0.426 e. The van der Waals surface area contributed by atoms with Gasteiger partial charge in [0.1, 0.15) is 5.75 Å². The van der Waals surface area contributed by atoms with E-state index in [1.54, 1.807) is 0 Å². The van der Waals surface area contributed by atoms with Gasteiger partial charge >= 0.3 is 5.97 Å². The number of nitrogens with zero attached hydrogens (tertiary/aromatic N) is 2. The van der Waals surface area contributed by atoms with Crippen molar-refractivity contribution in [3.8, 4) is 28.3 Å². The Balaban J connectivity index is 1.50. The van der Waals surface area contributed by atoms with E-state index in [2.05, 4.69) is 29.0 Å². The van der Waals surface area contributed by atoms with Gasteiger partial charge in [-0.05, 0) is 55.0 Å². The number of carbonyl (C=O) groups excluding carboxylic acids is 1. The molecule has 3 aromatic rings. The van der Waals surface area contributed by atoms with Crippen molar-refractivity contribution in [2.75, 3.05) is 6.61 Å². The monoisotopic (exact) mass is 522 g/mol. The molecule has 0 aliphatic heterocycles. The average Bonchev–Trinajstić information content (AvgIpc) is 2.92. The number of hydrogen-bond donors (Lipinski definition) is 0. The lowest BCUT2D eigenvalue weighted by atomic mass is 10.0. The predicted molar refractivity (Wildman–Crippen MR) is 151 cm³/mol. The second kappa shape index (κ2) is 15.5. The van der Waals surface area contributed by atoms with Gasteiger partial charge in [0.2, 0.25) is 0 Å². The molecule has 0 amide bonds. The Labute approximate surface area is 226 Å². The van der Waals surface area contributed by atoms with Gasteiger partial charge in [-0.15, -0.1) is 11.6 Å². The SMILES string of the molecule is CCCCCCCc1cnc(-c2ccc(-c3ccc(OC(=O)CC(C)OC[C@H](Cl)CC)cc3)cc2)nc1. The van der Waals surface area contributed by atoms with Crippen LogP contribution in [0.15, 0.2) is 60.9 Å². The van der Waals surface area contributed by atoms with E-state index < -0.39 is 0 Å². The summed E-state index contributed by atoms with van der Waals surface area (Å²) in [6.45, 7) is 6.51. The first-order chi connectivity index (χ1) is 18.0. The molecule has 3 rings (SSSR count). The quantitative estimate of drug-likeness (QED) is 0.0874. The summed E-state index contributed by atoms with van der Waals surface area (Å²) in [5, 5.41) is -0.0388. The topological polar surface area (TPSA) is 61.3 Å². The second-order valence-electron chi connectivity index (χ2n) is 9.51. The predicted octanol–water partition coefficient (Wildman–Crippen LogP) is 8.04. The van der Waals surface area contributed by atoms with Crippen molar-refractivity contribution in [3.05, 3.63) is 66.5 Å². The largest absolute Gasteiger partial charge is 0.426 e. The highest BCUT2D eigenvalue weighted by Gasteiger charge is 2.13. The van der Waals surface area contributed by atoms with Gasteiger partial charge in [-0.25, -0.2) is 9.97 Å². The summed E-state index contributed by atoms with van der Waals surface area (Å²) in [7, 11) is 0. The minimum atomic E-state index is -0.324. The molecule has 1 unspecified atom stereocenters. The molecule has 0 spiro atoms. The van der Waals surface area contributed by atoms with Crippen molar-refractivity contribution in [2.45, 2.75) is 83.6 Å². The number of esters is 1. The van der Waals surface area contributed by atoms with E-state index in [-0.39, 0.29) is 23.9 Å². The summed E-state index contributed by atoms with van der Waals surface area (Å²) in [5.74, 6) is 0.924. The Morgan fingerprint density at radius 3 is 2.08 bits per heavy atom. The van der Waals surface area contributed by atoms with Gasteiger partial charge in [0.15, 0.2) is 5.82 Å². The third-order valence-corrected chi connectivity index (χ3v) is 6.73. The molecule has 0 fully saturated rings. The molecule has 0 N–H and O–H groups in total. The third-order valence-electron chi connectivity index (χ3n) is 6.30. The maximum atomic E-state index is 12.2. The zero-order valence-electron chi connectivity index (χ0n) is 22.3. The van der Waals surface area contributed by atoms with Crippen molar-refractivity contribution >= 4 is 17.6 Å². The average molecular weight is 523 g/mol. The highest BCUT2D eigenvalue weighted by atomic mass is 35.5. The normalized spacial score (nSPS) is 12.8. The molecule has 0 aliphatic rings. The van der Waals surface area contributed by atoms with Crippen LogP contribution in [0.3, 0.4) is 0 Å². The van der Waals surface area contributed by atoms with Crippen molar-refractivity contribution in [1.29, 1.82) is 0 Å². The zero-order valence-corrected chi connectivity index (χ0v) is 23.0. The number of carbonyl (C=O) groups is 1. The lowest BCUT2D eigenvalue weighted by molar-refractivity contribution is -0.137.